The number of rotatable bonds is 3. The van der Waals surface area contributed by atoms with Crippen molar-refractivity contribution in [1.29, 1.82) is 0 Å². The van der Waals surface area contributed by atoms with Crippen molar-refractivity contribution in [3.63, 3.8) is 0 Å². The summed E-state index contributed by atoms with van der Waals surface area (Å²) in [5.41, 5.74) is 4.61. The molecule has 0 saturated carbocycles. The molecule has 1 aliphatic rings. The standard InChI is InChI=1S/C19H17NO/c1-14(19(21)16-8-3-2-4-9-16)20-18-12-11-15-7-5-6-10-17(15)13-18/h2-5,7-9,11-13H,6,10H2,1H3. The van der Waals surface area contributed by atoms with Gasteiger partial charge in [-0.05, 0) is 43.0 Å². The minimum atomic E-state index is -0.0202. The second-order valence-corrected chi connectivity index (χ2v) is 5.22. The van der Waals surface area contributed by atoms with Gasteiger partial charge >= 0.3 is 0 Å². The zero-order chi connectivity index (χ0) is 14.7. The molecule has 0 bridgehead atoms. The third-order valence-electron chi connectivity index (χ3n) is 3.67. The van der Waals surface area contributed by atoms with Gasteiger partial charge < -0.3 is 0 Å². The predicted molar refractivity (Wildman–Crippen MR) is 87.3 cm³/mol. The molecule has 0 amide bonds. The highest BCUT2D eigenvalue weighted by Crippen LogP contribution is 2.24. The van der Waals surface area contributed by atoms with Gasteiger partial charge in [0.25, 0.3) is 0 Å². The van der Waals surface area contributed by atoms with E-state index in [1.54, 1.807) is 6.92 Å². The summed E-state index contributed by atoms with van der Waals surface area (Å²) in [5, 5.41) is 0. The van der Waals surface area contributed by atoms with Crippen LogP contribution in [0.15, 0.2) is 59.6 Å². The van der Waals surface area contributed by atoms with E-state index < -0.39 is 0 Å². The molecule has 0 unspecified atom stereocenters. The van der Waals surface area contributed by atoms with Gasteiger partial charge in [-0.3, -0.25) is 4.79 Å². The maximum atomic E-state index is 12.3. The van der Waals surface area contributed by atoms with Gasteiger partial charge in [0.1, 0.15) is 0 Å². The number of carbonyl (C=O) groups excluding carboxylic acids is 1. The number of fused-ring (bicyclic) bond motifs is 1. The number of nitrogens with zero attached hydrogens (tertiary/aromatic N) is 1. The summed E-state index contributed by atoms with van der Waals surface area (Å²) >= 11 is 0. The Hall–Kier alpha value is -2.48. The second-order valence-electron chi connectivity index (χ2n) is 5.22. The van der Waals surface area contributed by atoms with Crippen LogP contribution in [0, 0.1) is 0 Å². The first kappa shape index (κ1) is 13.5. The Labute approximate surface area is 124 Å². The molecule has 1 aliphatic carbocycles. The first-order chi connectivity index (χ1) is 10.2. The van der Waals surface area contributed by atoms with Crippen LogP contribution in [0.1, 0.15) is 34.8 Å². The normalized spacial score (nSPS) is 13.9. The van der Waals surface area contributed by atoms with Crippen molar-refractivity contribution in [3.8, 4) is 0 Å². The minimum absolute atomic E-state index is 0.0202. The Morgan fingerprint density at radius 2 is 1.90 bits per heavy atom. The Bertz CT molecular complexity index is 726. The number of aryl methyl sites for hydroxylation is 1. The summed E-state index contributed by atoms with van der Waals surface area (Å²) < 4.78 is 0. The molecule has 2 heteroatoms. The van der Waals surface area contributed by atoms with Gasteiger partial charge in [-0.25, -0.2) is 4.99 Å². The van der Waals surface area contributed by atoms with Crippen LogP contribution in [0.2, 0.25) is 0 Å². The summed E-state index contributed by atoms with van der Waals surface area (Å²) in [6.45, 7) is 1.77. The molecule has 0 N–H and O–H groups in total. The molecule has 2 aromatic carbocycles. The largest absolute Gasteiger partial charge is 0.287 e. The van der Waals surface area contributed by atoms with Gasteiger partial charge in [-0.1, -0.05) is 48.6 Å². The lowest BCUT2D eigenvalue weighted by molar-refractivity contribution is 0.106. The molecular weight excluding hydrogens is 258 g/mol. The smallest absolute Gasteiger partial charge is 0.206 e. The van der Waals surface area contributed by atoms with Crippen molar-refractivity contribution >= 4 is 23.3 Å². The number of allylic oxidation sites excluding steroid dienone is 1. The molecule has 0 spiro atoms. The summed E-state index contributed by atoms with van der Waals surface area (Å²) in [7, 11) is 0. The molecule has 0 atom stereocenters. The summed E-state index contributed by atoms with van der Waals surface area (Å²) in [5.74, 6) is -0.0202. The predicted octanol–water partition coefficient (Wildman–Crippen LogP) is 4.62. The van der Waals surface area contributed by atoms with E-state index in [0.29, 0.717) is 11.3 Å². The molecule has 0 radical (unpaired) electrons. The van der Waals surface area contributed by atoms with Crippen LogP contribution in [-0.2, 0) is 6.42 Å². The highest BCUT2D eigenvalue weighted by Gasteiger charge is 2.10. The number of Topliss-reactive ketones (excluding diaryl/α,β-unsaturated/α-hetero) is 1. The van der Waals surface area contributed by atoms with Gasteiger partial charge in [0.2, 0.25) is 5.78 Å². The van der Waals surface area contributed by atoms with E-state index in [2.05, 4.69) is 29.3 Å². The molecular formula is C19H17NO. The van der Waals surface area contributed by atoms with Crippen LogP contribution in [0.25, 0.3) is 6.08 Å². The van der Waals surface area contributed by atoms with Crippen LogP contribution < -0.4 is 0 Å². The van der Waals surface area contributed by atoms with Gasteiger partial charge in [-0.15, -0.1) is 0 Å². The molecule has 2 nitrogen and oxygen atoms in total. The summed E-state index contributed by atoms with van der Waals surface area (Å²) in [6, 6.07) is 15.4. The Balaban J connectivity index is 1.88. The first-order valence-corrected chi connectivity index (χ1v) is 7.18. The molecule has 21 heavy (non-hydrogen) atoms. The lowest BCUT2D eigenvalue weighted by Crippen LogP contribution is -2.09. The van der Waals surface area contributed by atoms with Crippen LogP contribution in [0.4, 0.5) is 5.69 Å². The number of carbonyl (C=O) groups is 1. The molecule has 2 aromatic rings. The van der Waals surface area contributed by atoms with Crippen LogP contribution in [-0.4, -0.2) is 11.5 Å². The van der Waals surface area contributed by atoms with Crippen LogP contribution in [0.5, 0.6) is 0 Å². The fraction of sp³-hybridized carbons (Fsp3) is 0.158. The Morgan fingerprint density at radius 1 is 1.10 bits per heavy atom. The summed E-state index contributed by atoms with van der Waals surface area (Å²) in [4.78, 5) is 16.8. The maximum absolute atomic E-state index is 12.3. The van der Waals surface area contributed by atoms with Gasteiger partial charge in [-0.2, -0.15) is 0 Å². The summed E-state index contributed by atoms with van der Waals surface area (Å²) in [6.07, 6.45) is 6.45. The molecule has 0 saturated heterocycles. The van der Waals surface area contributed by atoms with Crippen molar-refractivity contribution in [1.82, 2.24) is 0 Å². The minimum Gasteiger partial charge on any atom is -0.287 e. The van der Waals surface area contributed by atoms with Crippen molar-refractivity contribution < 1.29 is 4.79 Å². The number of hydrogen-bond donors (Lipinski definition) is 0. The number of hydrogen-bond acceptors (Lipinski definition) is 2. The molecule has 0 fully saturated rings. The zero-order valence-corrected chi connectivity index (χ0v) is 12.0. The molecule has 0 aliphatic heterocycles. The third kappa shape index (κ3) is 3.00. The SMILES string of the molecule is CC(=Nc1ccc2c(c1)CCC=C2)C(=O)c1ccccc1. The van der Waals surface area contributed by atoms with E-state index in [1.165, 1.54) is 11.1 Å². The van der Waals surface area contributed by atoms with Crippen molar-refractivity contribution in [2.75, 3.05) is 0 Å². The highest BCUT2D eigenvalue weighted by molar-refractivity contribution is 6.45. The van der Waals surface area contributed by atoms with E-state index in [4.69, 9.17) is 0 Å². The zero-order valence-electron chi connectivity index (χ0n) is 12.0. The molecule has 0 aromatic heterocycles. The van der Waals surface area contributed by atoms with E-state index in [-0.39, 0.29) is 5.78 Å². The van der Waals surface area contributed by atoms with E-state index in [1.807, 2.05) is 36.4 Å². The number of ketones is 1. The third-order valence-corrected chi connectivity index (χ3v) is 3.67. The molecule has 3 rings (SSSR count). The van der Waals surface area contributed by atoms with E-state index >= 15 is 0 Å². The van der Waals surface area contributed by atoms with E-state index in [9.17, 15) is 4.79 Å². The highest BCUT2D eigenvalue weighted by atomic mass is 16.1. The lowest BCUT2D eigenvalue weighted by atomic mass is 9.97. The number of benzene rings is 2. The maximum Gasteiger partial charge on any atom is 0.206 e. The fourth-order valence-corrected chi connectivity index (χ4v) is 2.53. The second kappa shape index (κ2) is 5.88. The van der Waals surface area contributed by atoms with Crippen molar-refractivity contribution in [2.24, 2.45) is 4.99 Å². The average Bonchev–Trinajstić information content (AvgIpc) is 2.55. The van der Waals surface area contributed by atoms with Gasteiger partial charge in [0.15, 0.2) is 0 Å². The number of aliphatic imine (C=N–C) groups is 1. The van der Waals surface area contributed by atoms with Crippen LogP contribution in [0.3, 0.4) is 0 Å². The fourth-order valence-electron chi connectivity index (χ4n) is 2.53. The van der Waals surface area contributed by atoms with E-state index in [0.717, 1.165) is 18.5 Å². The lowest BCUT2D eigenvalue weighted by Gasteiger charge is -2.10. The monoisotopic (exact) mass is 275 g/mol. The quantitative estimate of drug-likeness (QED) is 0.593. The van der Waals surface area contributed by atoms with Crippen molar-refractivity contribution in [2.45, 2.75) is 19.8 Å². The van der Waals surface area contributed by atoms with Crippen LogP contribution >= 0.6 is 0 Å². The first-order valence-electron chi connectivity index (χ1n) is 7.18. The topological polar surface area (TPSA) is 29.4 Å². The molecule has 0 heterocycles. The Kier molecular flexibility index (Phi) is 3.78. The average molecular weight is 275 g/mol. The van der Waals surface area contributed by atoms with Crippen molar-refractivity contribution in [3.05, 3.63) is 71.3 Å². The molecule has 104 valence electrons. The van der Waals surface area contributed by atoms with Gasteiger partial charge in [0.05, 0.1) is 11.4 Å². The van der Waals surface area contributed by atoms with Gasteiger partial charge in [0, 0.05) is 5.56 Å². The Morgan fingerprint density at radius 3 is 2.71 bits per heavy atom.